The van der Waals surface area contributed by atoms with E-state index in [0.29, 0.717) is 17.0 Å². The third-order valence-corrected chi connectivity index (χ3v) is 11.0. The number of benzene rings is 3. The van der Waals surface area contributed by atoms with Crippen LogP contribution in [0.15, 0.2) is 72.8 Å². The van der Waals surface area contributed by atoms with Crippen LogP contribution in [-0.4, -0.2) is 43.0 Å². The minimum absolute atomic E-state index is 0.0947. The lowest BCUT2D eigenvalue weighted by Gasteiger charge is -2.49. The standard InChI is InChI=1S/C37H32ClFN2O7/c1-5-18-6-8-19(9-7-18)40-33(43)23-12-11-22-24(30(23)35(40)45)17-25-34(44)41(20-10-13-27(39)26(38)14-20)36(46)37(25,2)32(22)31-28(42)15-21(47-3)16-29(31)48-4/h5-11,13-16,23-25,30,32,42H,1,12,17H2,2-4H3. The molecule has 3 aromatic carbocycles. The first-order chi connectivity index (χ1) is 23.0. The van der Waals surface area contributed by atoms with E-state index in [9.17, 15) is 28.7 Å². The van der Waals surface area contributed by atoms with Gasteiger partial charge >= 0.3 is 0 Å². The molecule has 0 bridgehead atoms. The molecule has 246 valence electrons. The molecule has 0 radical (unpaired) electrons. The number of carbonyl (C=O) groups excluding carboxylic acids is 4. The van der Waals surface area contributed by atoms with Crippen LogP contribution in [0.4, 0.5) is 15.8 Å². The Labute approximate surface area is 281 Å². The number of hydrogen-bond acceptors (Lipinski definition) is 7. The lowest BCUT2D eigenvalue weighted by molar-refractivity contribution is -0.131. The van der Waals surface area contributed by atoms with Gasteiger partial charge in [0.2, 0.25) is 23.6 Å². The minimum Gasteiger partial charge on any atom is -0.507 e. The SMILES string of the molecule is C=Cc1ccc(N2C(=O)C3CC=C4C(CC5C(=O)N(c6ccc(F)c(Cl)c6)C(=O)C5(C)C4c4c(O)cc(OC)cc4OC)C3C2=O)cc1. The highest BCUT2D eigenvalue weighted by Gasteiger charge is 2.68. The fourth-order valence-electron chi connectivity index (χ4n) is 8.37. The highest BCUT2D eigenvalue weighted by atomic mass is 35.5. The van der Waals surface area contributed by atoms with Gasteiger partial charge in [-0.05, 0) is 61.6 Å². The van der Waals surface area contributed by atoms with Gasteiger partial charge in [0.25, 0.3) is 0 Å². The molecule has 0 aromatic heterocycles. The summed E-state index contributed by atoms with van der Waals surface area (Å²) in [5.41, 5.74) is 0.821. The number of aromatic hydroxyl groups is 1. The van der Waals surface area contributed by atoms with Crippen molar-refractivity contribution in [3.8, 4) is 17.2 Å². The van der Waals surface area contributed by atoms with Crippen LogP contribution >= 0.6 is 11.6 Å². The Bertz CT molecular complexity index is 1960. The maximum atomic E-state index is 14.7. The molecule has 3 aromatic rings. The summed E-state index contributed by atoms with van der Waals surface area (Å²) >= 11 is 6.09. The summed E-state index contributed by atoms with van der Waals surface area (Å²) in [5, 5.41) is 11.3. The summed E-state index contributed by atoms with van der Waals surface area (Å²) in [4.78, 5) is 59.4. The van der Waals surface area contributed by atoms with Crippen LogP contribution < -0.4 is 19.3 Å². The van der Waals surface area contributed by atoms with Gasteiger partial charge in [0.1, 0.15) is 23.1 Å². The number of amides is 4. The van der Waals surface area contributed by atoms with E-state index < -0.39 is 52.6 Å². The van der Waals surface area contributed by atoms with Crippen LogP contribution in [0.2, 0.25) is 5.02 Å². The van der Waals surface area contributed by atoms with Gasteiger partial charge in [0.15, 0.2) is 0 Å². The average Bonchev–Trinajstić information content (AvgIpc) is 3.45. The molecule has 4 aliphatic rings. The van der Waals surface area contributed by atoms with Gasteiger partial charge in [-0.15, -0.1) is 0 Å². The van der Waals surface area contributed by atoms with Crippen LogP contribution in [0.25, 0.3) is 6.08 Å². The molecule has 4 amide bonds. The molecule has 2 aliphatic heterocycles. The third-order valence-electron chi connectivity index (χ3n) is 10.7. The summed E-state index contributed by atoms with van der Waals surface area (Å²) in [6, 6.07) is 13.6. The van der Waals surface area contributed by atoms with Crippen molar-refractivity contribution < 1.29 is 38.1 Å². The molecule has 0 spiro atoms. The van der Waals surface area contributed by atoms with Crippen LogP contribution in [0.1, 0.15) is 36.8 Å². The molecule has 1 saturated carbocycles. The Kier molecular flexibility index (Phi) is 7.47. The lowest BCUT2D eigenvalue weighted by atomic mass is 9.51. The number of phenolic OH excluding ortho intramolecular Hbond substituents is 1. The first-order valence-electron chi connectivity index (χ1n) is 15.5. The molecule has 9 nitrogen and oxygen atoms in total. The van der Waals surface area contributed by atoms with Crippen molar-refractivity contribution in [3.63, 3.8) is 0 Å². The van der Waals surface area contributed by atoms with E-state index >= 15 is 0 Å². The summed E-state index contributed by atoms with van der Waals surface area (Å²) < 4.78 is 25.3. The maximum Gasteiger partial charge on any atom is 0.241 e. The fourth-order valence-corrected chi connectivity index (χ4v) is 8.55. The summed E-state index contributed by atoms with van der Waals surface area (Å²) in [6.07, 6.45) is 3.86. The Morgan fingerprint density at radius 1 is 0.938 bits per heavy atom. The molecular weight excluding hydrogens is 639 g/mol. The second-order valence-electron chi connectivity index (χ2n) is 12.8. The largest absolute Gasteiger partial charge is 0.507 e. The van der Waals surface area contributed by atoms with Gasteiger partial charge in [0.05, 0.1) is 53.8 Å². The highest BCUT2D eigenvalue weighted by molar-refractivity contribution is 6.32. The number of allylic oxidation sites excluding steroid dienone is 2. The molecule has 2 saturated heterocycles. The zero-order valence-electron chi connectivity index (χ0n) is 26.4. The molecule has 6 atom stereocenters. The second kappa shape index (κ2) is 11.3. The molecular formula is C37H32ClFN2O7. The van der Waals surface area contributed by atoms with Gasteiger partial charge in [0, 0.05) is 23.6 Å². The topological polar surface area (TPSA) is 113 Å². The normalized spacial score (nSPS) is 27.8. The number of anilines is 2. The van der Waals surface area contributed by atoms with E-state index in [4.69, 9.17) is 21.1 Å². The van der Waals surface area contributed by atoms with E-state index in [1.165, 1.54) is 37.3 Å². The van der Waals surface area contributed by atoms with Gasteiger partial charge < -0.3 is 14.6 Å². The minimum atomic E-state index is -1.47. The van der Waals surface area contributed by atoms with Gasteiger partial charge in [-0.3, -0.25) is 24.1 Å². The molecule has 2 heterocycles. The quantitative estimate of drug-likeness (QED) is 0.243. The van der Waals surface area contributed by atoms with E-state index in [2.05, 4.69) is 6.58 Å². The Balaban J connectivity index is 1.40. The zero-order chi connectivity index (χ0) is 34.2. The Hall–Kier alpha value is -4.96. The monoisotopic (exact) mass is 670 g/mol. The van der Waals surface area contributed by atoms with Crippen molar-refractivity contribution in [1.82, 2.24) is 0 Å². The Morgan fingerprint density at radius 2 is 1.65 bits per heavy atom. The van der Waals surface area contributed by atoms with Gasteiger partial charge in [-0.2, -0.15) is 0 Å². The van der Waals surface area contributed by atoms with Crippen molar-refractivity contribution in [2.24, 2.45) is 29.1 Å². The van der Waals surface area contributed by atoms with Crippen molar-refractivity contribution in [2.75, 3.05) is 24.0 Å². The third kappa shape index (κ3) is 4.35. The molecule has 1 N–H and O–H groups in total. The number of fused-ring (bicyclic) bond motifs is 4. The maximum absolute atomic E-state index is 14.7. The molecule has 6 unspecified atom stereocenters. The van der Waals surface area contributed by atoms with Crippen molar-refractivity contribution >= 4 is 52.7 Å². The average molecular weight is 671 g/mol. The van der Waals surface area contributed by atoms with Crippen molar-refractivity contribution in [3.05, 3.63) is 94.8 Å². The fraction of sp³-hybridized carbons (Fsp3) is 0.297. The first-order valence-corrected chi connectivity index (χ1v) is 15.9. The number of ether oxygens (including phenoxy) is 2. The van der Waals surface area contributed by atoms with Crippen molar-refractivity contribution in [2.45, 2.75) is 25.7 Å². The second-order valence-corrected chi connectivity index (χ2v) is 13.2. The summed E-state index contributed by atoms with van der Waals surface area (Å²) in [5.74, 6) is -6.26. The number of halogens is 2. The van der Waals surface area contributed by atoms with Crippen LogP contribution in [0.3, 0.4) is 0 Å². The zero-order valence-corrected chi connectivity index (χ0v) is 27.2. The molecule has 3 fully saturated rings. The summed E-state index contributed by atoms with van der Waals surface area (Å²) in [6.45, 7) is 5.44. The van der Waals surface area contributed by atoms with E-state index in [0.717, 1.165) is 16.5 Å². The lowest BCUT2D eigenvalue weighted by Crippen LogP contribution is -2.49. The number of rotatable bonds is 6. The first kappa shape index (κ1) is 31.6. The molecule has 2 aliphatic carbocycles. The number of phenols is 1. The number of imide groups is 2. The van der Waals surface area contributed by atoms with E-state index in [1.807, 2.05) is 6.08 Å². The predicted molar refractivity (Wildman–Crippen MR) is 176 cm³/mol. The van der Waals surface area contributed by atoms with Gasteiger partial charge in [-0.25, -0.2) is 9.29 Å². The molecule has 7 rings (SSSR count). The molecule has 48 heavy (non-hydrogen) atoms. The Morgan fingerprint density at radius 3 is 2.29 bits per heavy atom. The highest BCUT2D eigenvalue weighted by Crippen LogP contribution is 2.65. The summed E-state index contributed by atoms with van der Waals surface area (Å²) in [7, 11) is 2.86. The predicted octanol–water partition coefficient (Wildman–Crippen LogP) is 6.28. The molecule has 11 heteroatoms. The van der Waals surface area contributed by atoms with Crippen LogP contribution in [0, 0.1) is 34.9 Å². The van der Waals surface area contributed by atoms with E-state index in [1.54, 1.807) is 43.3 Å². The van der Waals surface area contributed by atoms with Gasteiger partial charge in [-0.1, -0.05) is 48.0 Å². The number of methoxy groups -OCH3 is 2. The smallest absolute Gasteiger partial charge is 0.241 e. The van der Waals surface area contributed by atoms with Crippen LogP contribution in [0.5, 0.6) is 17.2 Å². The number of carbonyl (C=O) groups is 4. The van der Waals surface area contributed by atoms with Crippen molar-refractivity contribution in [1.29, 1.82) is 0 Å². The number of nitrogens with zero attached hydrogens (tertiary/aromatic N) is 2. The number of hydrogen-bond donors (Lipinski definition) is 1. The van der Waals surface area contributed by atoms with Crippen LogP contribution in [-0.2, 0) is 19.2 Å². The van der Waals surface area contributed by atoms with E-state index in [-0.39, 0.29) is 52.4 Å².